The Morgan fingerprint density at radius 2 is 1.92 bits per heavy atom. The maximum atomic E-state index is 13.2. The van der Waals surface area contributed by atoms with Gasteiger partial charge in [0.1, 0.15) is 10.6 Å². The minimum Gasteiger partial charge on any atom is -0.495 e. The molecule has 1 aliphatic carbocycles. The number of hydrogen-bond acceptors (Lipinski definition) is 4. The van der Waals surface area contributed by atoms with E-state index in [1.54, 1.807) is 10.4 Å². The fraction of sp³-hybridized carbons (Fsp3) is 0.647. The molecule has 2 N–H and O–H groups in total. The van der Waals surface area contributed by atoms with Crippen molar-refractivity contribution in [1.29, 1.82) is 0 Å². The van der Waals surface area contributed by atoms with Gasteiger partial charge in [-0.1, -0.05) is 12.5 Å². The molecule has 1 aromatic rings. The van der Waals surface area contributed by atoms with Gasteiger partial charge in [0.25, 0.3) is 0 Å². The molecule has 5 nitrogen and oxygen atoms in total. The first-order chi connectivity index (χ1) is 10.8. The summed E-state index contributed by atoms with van der Waals surface area (Å²) in [6.45, 7) is 4.90. The van der Waals surface area contributed by atoms with E-state index in [-0.39, 0.29) is 29.3 Å². The third-order valence-corrected chi connectivity index (χ3v) is 7.16. The highest BCUT2D eigenvalue weighted by Crippen LogP contribution is 2.39. The van der Waals surface area contributed by atoms with Gasteiger partial charge in [-0.05, 0) is 55.7 Å². The van der Waals surface area contributed by atoms with Gasteiger partial charge in [-0.25, -0.2) is 8.42 Å². The summed E-state index contributed by atoms with van der Waals surface area (Å²) in [6.07, 6.45) is 3.18. The van der Waals surface area contributed by atoms with Crippen LogP contribution in [0.2, 0.25) is 0 Å². The van der Waals surface area contributed by atoms with E-state index in [9.17, 15) is 8.42 Å². The number of sulfonamides is 1. The summed E-state index contributed by atoms with van der Waals surface area (Å²) in [5.41, 5.74) is 7.99. The summed E-state index contributed by atoms with van der Waals surface area (Å²) in [5, 5.41) is 0. The number of methoxy groups -OCH3 is 1. The van der Waals surface area contributed by atoms with E-state index in [1.807, 2.05) is 19.9 Å². The largest absolute Gasteiger partial charge is 0.495 e. The summed E-state index contributed by atoms with van der Waals surface area (Å²) in [7, 11) is -2.03. The lowest BCUT2D eigenvalue weighted by atomic mass is 9.78. The second-order valence-electron chi connectivity index (χ2n) is 6.95. The van der Waals surface area contributed by atoms with Crippen LogP contribution in [-0.2, 0) is 10.0 Å². The Kier molecular flexibility index (Phi) is 5.85. The molecule has 3 rings (SSSR count). The zero-order valence-corrected chi connectivity index (χ0v) is 16.1. The van der Waals surface area contributed by atoms with Crippen molar-refractivity contribution in [2.45, 2.75) is 44.0 Å². The number of fused-ring (bicyclic) bond motifs is 1. The molecular weight excluding hydrogens is 348 g/mol. The van der Waals surface area contributed by atoms with Crippen molar-refractivity contribution >= 4 is 22.4 Å². The third kappa shape index (κ3) is 3.29. The van der Waals surface area contributed by atoms with Gasteiger partial charge < -0.3 is 10.5 Å². The predicted molar refractivity (Wildman–Crippen MR) is 97.3 cm³/mol. The molecule has 0 radical (unpaired) electrons. The number of aryl methyl sites for hydroxylation is 2. The molecule has 0 spiro atoms. The molecule has 1 saturated carbocycles. The highest BCUT2D eigenvalue weighted by molar-refractivity contribution is 7.89. The fourth-order valence-electron chi connectivity index (χ4n) is 4.18. The van der Waals surface area contributed by atoms with Crippen molar-refractivity contribution in [1.82, 2.24) is 4.31 Å². The quantitative estimate of drug-likeness (QED) is 0.882. The molecule has 0 bridgehead atoms. The van der Waals surface area contributed by atoms with Crippen LogP contribution in [0.25, 0.3) is 0 Å². The van der Waals surface area contributed by atoms with E-state index in [2.05, 4.69) is 0 Å². The van der Waals surface area contributed by atoms with Gasteiger partial charge in [0, 0.05) is 19.1 Å². The van der Waals surface area contributed by atoms with Crippen molar-refractivity contribution in [2.24, 2.45) is 17.6 Å². The predicted octanol–water partition coefficient (Wildman–Crippen LogP) is 2.48. The molecule has 1 saturated heterocycles. The second kappa shape index (κ2) is 7.20. The van der Waals surface area contributed by atoms with Crippen molar-refractivity contribution in [3.8, 4) is 5.75 Å². The van der Waals surface area contributed by atoms with Crippen LogP contribution in [0, 0.1) is 25.7 Å². The normalized spacial score (nSPS) is 27.4. The molecule has 2 fully saturated rings. The van der Waals surface area contributed by atoms with Gasteiger partial charge >= 0.3 is 0 Å². The lowest BCUT2D eigenvalue weighted by Gasteiger charge is -2.29. The summed E-state index contributed by atoms with van der Waals surface area (Å²) in [4.78, 5) is 0.282. The van der Waals surface area contributed by atoms with Crippen LogP contribution in [0.1, 0.15) is 30.4 Å². The number of nitrogens with zero attached hydrogens (tertiary/aromatic N) is 1. The number of halogens is 1. The first-order valence-electron chi connectivity index (χ1n) is 8.25. The summed E-state index contributed by atoms with van der Waals surface area (Å²) < 4.78 is 33.3. The van der Waals surface area contributed by atoms with Crippen LogP contribution in [0.4, 0.5) is 0 Å². The van der Waals surface area contributed by atoms with Gasteiger partial charge in [-0.2, -0.15) is 4.31 Å². The highest BCUT2D eigenvalue weighted by Gasteiger charge is 2.44. The Morgan fingerprint density at radius 1 is 1.21 bits per heavy atom. The molecule has 1 aliphatic heterocycles. The van der Waals surface area contributed by atoms with Crippen molar-refractivity contribution in [3.63, 3.8) is 0 Å². The van der Waals surface area contributed by atoms with E-state index in [1.165, 1.54) is 7.11 Å². The Balaban J connectivity index is 0.00000208. The lowest BCUT2D eigenvalue weighted by Crippen LogP contribution is -2.38. The van der Waals surface area contributed by atoms with E-state index in [4.69, 9.17) is 10.5 Å². The monoisotopic (exact) mass is 374 g/mol. The van der Waals surface area contributed by atoms with Crippen LogP contribution in [0.5, 0.6) is 5.75 Å². The standard InChI is InChI=1S/C17H26N2O3S.ClH/c1-11-7-12(2)17(22-3)16(8-11)23(20,21)19-9-13-5-4-6-15(18)14(13)10-19;/h7-8,13-15H,4-6,9-10,18H2,1-3H3;1H. The average Bonchev–Trinajstić information content (AvgIpc) is 2.93. The van der Waals surface area contributed by atoms with Gasteiger partial charge in [0.15, 0.2) is 0 Å². The molecule has 3 unspecified atom stereocenters. The summed E-state index contributed by atoms with van der Waals surface area (Å²) in [6, 6.07) is 3.77. The SMILES string of the molecule is COc1c(C)cc(C)cc1S(=O)(=O)N1CC2CCCC(N)C2C1.Cl. The van der Waals surface area contributed by atoms with Gasteiger partial charge in [-0.15, -0.1) is 12.4 Å². The van der Waals surface area contributed by atoms with E-state index in [0.717, 1.165) is 30.4 Å². The zero-order chi connectivity index (χ0) is 16.8. The van der Waals surface area contributed by atoms with Crippen LogP contribution < -0.4 is 10.5 Å². The smallest absolute Gasteiger partial charge is 0.246 e. The Hall–Kier alpha value is -0.820. The Labute approximate surface area is 151 Å². The minimum atomic E-state index is -3.56. The number of benzene rings is 1. The highest BCUT2D eigenvalue weighted by atomic mass is 35.5. The van der Waals surface area contributed by atoms with Crippen LogP contribution in [-0.4, -0.2) is 39.0 Å². The van der Waals surface area contributed by atoms with Crippen LogP contribution in [0.15, 0.2) is 17.0 Å². The van der Waals surface area contributed by atoms with Crippen molar-refractivity contribution < 1.29 is 13.2 Å². The molecule has 3 atom stereocenters. The number of rotatable bonds is 3. The number of nitrogens with two attached hydrogens (primary N) is 1. The van der Waals surface area contributed by atoms with Crippen molar-refractivity contribution in [3.05, 3.63) is 23.3 Å². The first kappa shape index (κ1) is 19.5. The molecule has 1 aromatic carbocycles. The lowest BCUT2D eigenvalue weighted by molar-refractivity contribution is 0.260. The van der Waals surface area contributed by atoms with E-state index >= 15 is 0 Å². The van der Waals surface area contributed by atoms with Crippen molar-refractivity contribution in [2.75, 3.05) is 20.2 Å². The molecule has 0 aromatic heterocycles. The van der Waals surface area contributed by atoms with Crippen LogP contribution >= 0.6 is 12.4 Å². The van der Waals surface area contributed by atoms with E-state index in [0.29, 0.717) is 24.8 Å². The van der Waals surface area contributed by atoms with Gasteiger partial charge in [0.2, 0.25) is 10.0 Å². The van der Waals surface area contributed by atoms with Crippen LogP contribution in [0.3, 0.4) is 0 Å². The molecular formula is C17H27ClN2O3S. The first-order valence-corrected chi connectivity index (χ1v) is 9.69. The number of hydrogen-bond donors (Lipinski definition) is 1. The summed E-state index contributed by atoms with van der Waals surface area (Å²) >= 11 is 0. The molecule has 7 heteroatoms. The minimum absolute atomic E-state index is 0. The maximum absolute atomic E-state index is 13.2. The maximum Gasteiger partial charge on any atom is 0.246 e. The zero-order valence-electron chi connectivity index (χ0n) is 14.5. The summed E-state index contributed by atoms with van der Waals surface area (Å²) in [5.74, 6) is 1.13. The average molecular weight is 375 g/mol. The third-order valence-electron chi connectivity index (χ3n) is 5.33. The Bertz CT molecular complexity index is 708. The molecule has 24 heavy (non-hydrogen) atoms. The van der Waals surface area contributed by atoms with Gasteiger partial charge in [0.05, 0.1) is 7.11 Å². The topological polar surface area (TPSA) is 72.6 Å². The molecule has 2 aliphatic rings. The molecule has 1 heterocycles. The number of ether oxygens (including phenoxy) is 1. The molecule has 0 amide bonds. The second-order valence-corrected chi connectivity index (χ2v) is 8.86. The Morgan fingerprint density at radius 3 is 2.54 bits per heavy atom. The fourth-order valence-corrected chi connectivity index (χ4v) is 6.03. The molecule has 136 valence electrons. The van der Waals surface area contributed by atoms with Gasteiger partial charge in [-0.3, -0.25) is 0 Å². The van der Waals surface area contributed by atoms with E-state index < -0.39 is 10.0 Å².